The van der Waals surface area contributed by atoms with E-state index in [2.05, 4.69) is 114 Å². The smallest absolute Gasteiger partial charge is 0.171 e. The average molecular weight is 744 g/mol. The molecule has 0 spiro atoms. The van der Waals surface area contributed by atoms with Crippen LogP contribution in [0.4, 0.5) is 0 Å². The molecule has 0 fully saturated rings. The van der Waals surface area contributed by atoms with E-state index in [1.807, 2.05) is 103 Å². The molecule has 9 aromatic carbocycles. The monoisotopic (exact) mass is 743 g/mol. The van der Waals surface area contributed by atoms with Gasteiger partial charge < -0.3 is 13.7 Å². The van der Waals surface area contributed by atoms with Gasteiger partial charge in [0, 0.05) is 48.3 Å². The third kappa shape index (κ3) is 5.43. The summed E-state index contributed by atoms with van der Waals surface area (Å²) in [5, 5.41) is 10.6. The molecular weight excluding hydrogens is 709 g/mol. The molecule has 0 saturated heterocycles. The molecule has 0 aliphatic heterocycles. The Bertz CT molecular complexity index is 2960. The van der Waals surface area contributed by atoms with Gasteiger partial charge in [0.2, 0.25) is 0 Å². The average Bonchev–Trinajstić information content (AvgIpc) is 3.60. The van der Waals surface area contributed by atoms with Crippen LogP contribution in [0.2, 0.25) is 0 Å². The van der Waals surface area contributed by atoms with Crippen molar-refractivity contribution in [3.63, 3.8) is 0 Å². The van der Waals surface area contributed by atoms with E-state index in [4.69, 9.17) is 0 Å². The zero-order valence-corrected chi connectivity index (χ0v) is 31.7. The molecule has 0 aliphatic carbocycles. The second-order valence-electron chi connectivity index (χ2n) is 14.0. The maximum Gasteiger partial charge on any atom is 0.171 e. The lowest BCUT2D eigenvalue weighted by molar-refractivity contribution is 0.592. The number of aromatic nitrogens is 1. The van der Waals surface area contributed by atoms with Gasteiger partial charge in [0.25, 0.3) is 0 Å². The summed E-state index contributed by atoms with van der Waals surface area (Å²) < 4.78 is 35.3. The van der Waals surface area contributed by atoms with E-state index in [0.29, 0.717) is 10.6 Å². The van der Waals surface area contributed by atoms with Crippen molar-refractivity contribution in [1.82, 2.24) is 4.57 Å². The fourth-order valence-electron chi connectivity index (χ4n) is 8.19. The van der Waals surface area contributed by atoms with Crippen molar-refractivity contribution in [2.45, 2.75) is 0 Å². The maximum atomic E-state index is 16.5. The minimum Gasteiger partial charge on any atom is -0.309 e. The highest BCUT2D eigenvalue weighted by molar-refractivity contribution is 7.86. The molecule has 2 atom stereocenters. The summed E-state index contributed by atoms with van der Waals surface area (Å²) in [4.78, 5) is 0. The molecule has 0 amide bonds. The molecule has 55 heavy (non-hydrogen) atoms. The quantitative estimate of drug-likeness (QED) is 0.153. The first kappa shape index (κ1) is 33.3. The van der Waals surface area contributed by atoms with Gasteiger partial charge in [0.1, 0.15) is 0 Å². The zero-order chi connectivity index (χ0) is 37.0. The topological polar surface area (TPSA) is 39.1 Å². The second kappa shape index (κ2) is 13.3. The lowest BCUT2D eigenvalue weighted by Crippen LogP contribution is -2.31. The van der Waals surface area contributed by atoms with Crippen LogP contribution in [-0.4, -0.2) is 4.57 Å². The standard InChI is InChI=1S/C50H35NO2P2/c52-54(41-19-3-1-4-20-41,43-29-27-36-15-7-9-17-38(36)31-43)45-33-40(51-49-25-13-11-23-47(49)48-24-12-14-26-50(48)51)34-46(35-45)55(53,42-21-5-2-6-22-42)44-30-28-37-16-8-10-18-39(37)32-44/h1-35H. The molecule has 0 radical (unpaired) electrons. The molecule has 5 heteroatoms. The van der Waals surface area contributed by atoms with Crippen LogP contribution in [-0.2, 0) is 9.13 Å². The first-order valence-corrected chi connectivity index (χ1v) is 21.9. The Morgan fingerprint density at radius 1 is 0.291 bits per heavy atom. The lowest BCUT2D eigenvalue weighted by Gasteiger charge is -2.26. The molecule has 3 nitrogen and oxygen atoms in total. The Labute approximate surface area is 319 Å². The van der Waals surface area contributed by atoms with Gasteiger partial charge >= 0.3 is 0 Å². The highest BCUT2D eigenvalue weighted by Gasteiger charge is 2.36. The van der Waals surface area contributed by atoms with Gasteiger partial charge in [-0.2, -0.15) is 0 Å². The number of para-hydroxylation sites is 2. The third-order valence-electron chi connectivity index (χ3n) is 10.9. The van der Waals surface area contributed by atoms with Gasteiger partial charge in [-0.15, -0.1) is 0 Å². The van der Waals surface area contributed by atoms with Gasteiger partial charge in [-0.3, -0.25) is 0 Å². The highest BCUT2D eigenvalue weighted by Crippen LogP contribution is 2.48. The summed E-state index contributed by atoms with van der Waals surface area (Å²) in [6.07, 6.45) is 0. The minimum atomic E-state index is -3.58. The SMILES string of the molecule is O=P(c1ccccc1)(c1cc(-n2c3ccccc3c3ccccc32)cc(P(=O)(c2ccccc2)c2ccc3ccccc3c2)c1)c1ccc2ccccc2c1. The first-order chi connectivity index (χ1) is 27.0. The summed E-state index contributed by atoms with van der Waals surface area (Å²) in [5.74, 6) is 0. The van der Waals surface area contributed by atoms with Gasteiger partial charge in [-0.1, -0.05) is 170 Å². The van der Waals surface area contributed by atoms with E-state index in [9.17, 15) is 0 Å². The Kier molecular flexibility index (Phi) is 8.03. The Hall–Kier alpha value is -6.24. The van der Waals surface area contributed by atoms with Crippen molar-refractivity contribution < 1.29 is 9.13 Å². The molecule has 0 saturated carbocycles. The normalized spacial score (nSPS) is 13.9. The summed E-state index contributed by atoms with van der Waals surface area (Å²) in [7, 11) is -7.17. The minimum absolute atomic E-state index is 0.625. The van der Waals surface area contributed by atoms with E-state index in [-0.39, 0.29) is 0 Å². The molecule has 1 aromatic heterocycles. The Morgan fingerprint density at radius 3 is 1.13 bits per heavy atom. The van der Waals surface area contributed by atoms with Crippen LogP contribution in [0.15, 0.2) is 212 Å². The number of benzene rings is 9. The summed E-state index contributed by atoms with van der Waals surface area (Å²) in [6, 6.07) is 71.1. The van der Waals surface area contributed by atoms with E-state index in [1.165, 1.54) is 0 Å². The molecule has 0 bridgehead atoms. The van der Waals surface area contributed by atoms with Crippen LogP contribution in [0.1, 0.15) is 0 Å². The van der Waals surface area contributed by atoms with Crippen LogP contribution in [0.3, 0.4) is 0 Å². The van der Waals surface area contributed by atoms with E-state index < -0.39 is 14.3 Å². The Balaban J connectivity index is 1.34. The number of nitrogens with zero attached hydrogens (tertiary/aromatic N) is 1. The number of rotatable bonds is 7. The van der Waals surface area contributed by atoms with Crippen molar-refractivity contribution >= 4 is 89.5 Å². The van der Waals surface area contributed by atoms with Crippen LogP contribution in [0.5, 0.6) is 0 Å². The fraction of sp³-hybridized carbons (Fsp3) is 0. The largest absolute Gasteiger partial charge is 0.309 e. The zero-order valence-electron chi connectivity index (χ0n) is 29.9. The molecule has 10 rings (SSSR count). The predicted molar refractivity (Wildman–Crippen MR) is 235 cm³/mol. The lowest BCUT2D eigenvalue weighted by atomic mass is 10.1. The van der Waals surface area contributed by atoms with E-state index in [1.54, 1.807) is 0 Å². The number of fused-ring (bicyclic) bond motifs is 5. The highest BCUT2D eigenvalue weighted by atomic mass is 31.2. The molecule has 1 heterocycles. The number of hydrogen-bond donors (Lipinski definition) is 0. The van der Waals surface area contributed by atoms with Gasteiger partial charge in [0.05, 0.1) is 11.0 Å². The first-order valence-electron chi connectivity index (χ1n) is 18.5. The third-order valence-corrected chi connectivity index (χ3v) is 16.9. The fourth-order valence-corrected chi connectivity index (χ4v) is 13.7. The van der Waals surface area contributed by atoms with Crippen LogP contribution < -0.4 is 31.8 Å². The van der Waals surface area contributed by atoms with Crippen molar-refractivity contribution in [1.29, 1.82) is 0 Å². The van der Waals surface area contributed by atoms with Gasteiger partial charge in [-0.05, 0) is 64.0 Å². The molecule has 10 aromatic rings. The predicted octanol–water partition coefficient (Wildman–Crippen LogP) is 10.4. The molecular formula is C50H35NO2P2. The number of hydrogen-bond acceptors (Lipinski definition) is 2. The van der Waals surface area contributed by atoms with E-state index >= 15 is 9.13 Å². The summed E-state index contributed by atoms with van der Waals surface area (Å²) in [6.45, 7) is 0. The van der Waals surface area contributed by atoms with Crippen LogP contribution >= 0.6 is 14.3 Å². The van der Waals surface area contributed by atoms with Crippen molar-refractivity contribution in [2.75, 3.05) is 0 Å². The van der Waals surface area contributed by atoms with Crippen molar-refractivity contribution in [3.05, 3.63) is 212 Å². The molecule has 0 aliphatic rings. The molecule has 262 valence electrons. The molecule has 2 unspecified atom stereocenters. The van der Waals surface area contributed by atoms with Crippen molar-refractivity contribution in [2.24, 2.45) is 0 Å². The van der Waals surface area contributed by atoms with Gasteiger partial charge in [0.15, 0.2) is 14.3 Å². The maximum absolute atomic E-state index is 16.5. The second-order valence-corrected chi connectivity index (χ2v) is 19.6. The van der Waals surface area contributed by atoms with Crippen LogP contribution in [0, 0.1) is 0 Å². The van der Waals surface area contributed by atoms with Gasteiger partial charge in [-0.25, -0.2) is 0 Å². The summed E-state index contributed by atoms with van der Waals surface area (Å²) in [5.41, 5.74) is 2.85. The van der Waals surface area contributed by atoms with Crippen LogP contribution in [0.25, 0.3) is 49.0 Å². The molecule has 0 N–H and O–H groups in total. The summed E-state index contributed by atoms with van der Waals surface area (Å²) >= 11 is 0. The Morgan fingerprint density at radius 2 is 0.673 bits per heavy atom. The van der Waals surface area contributed by atoms with E-state index in [0.717, 1.165) is 70.3 Å². The van der Waals surface area contributed by atoms with Crippen molar-refractivity contribution in [3.8, 4) is 5.69 Å².